The molecule has 0 spiro atoms. The Bertz CT molecular complexity index is 1060. The van der Waals surface area contributed by atoms with Gasteiger partial charge in [0.2, 0.25) is 0 Å². The first-order valence-electron chi connectivity index (χ1n) is 7.94. The zero-order chi connectivity index (χ0) is 21.3. The lowest BCUT2D eigenvalue weighted by Crippen LogP contribution is -2.45. The fourth-order valence-electron chi connectivity index (χ4n) is 2.57. The van der Waals surface area contributed by atoms with Crippen LogP contribution in [0.3, 0.4) is 0 Å². The summed E-state index contributed by atoms with van der Waals surface area (Å²) in [6, 6.07) is 6.69. The summed E-state index contributed by atoms with van der Waals surface area (Å²) in [5.41, 5.74) is 0.680. The third-order valence-corrected chi connectivity index (χ3v) is 5.96. The number of carbonyl (C=O) groups excluding carboxylic acids is 1. The minimum absolute atomic E-state index is 0.0360. The fraction of sp³-hybridized carbons (Fsp3) is 0.111. The molecule has 1 amide bonds. The fourth-order valence-corrected chi connectivity index (χ4v) is 4.20. The molecule has 1 saturated heterocycles. The summed E-state index contributed by atoms with van der Waals surface area (Å²) in [6.07, 6.45) is 0.650. The van der Waals surface area contributed by atoms with E-state index in [1.165, 1.54) is 6.08 Å². The van der Waals surface area contributed by atoms with Gasteiger partial charge in [-0.3, -0.25) is 14.5 Å². The molecule has 150 valence electrons. The molecule has 0 aliphatic carbocycles. The predicted octanol–water partition coefficient (Wildman–Crippen LogP) is 4.38. The number of thioether (sulfide) groups is 1. The number of amides is 1. The minimum Gasteiger partial charge on any atom is -0.481 e. The van der Waals surface area contributed by atoms with Gasteiger partial charge in [-0.15, -0.1) is 0 Å². The van der Waals surface area contributed by atoms with Crippen LogP contribution in [0.4, 0.5) is 0 Å². The summed E-state index contributed by atoms with van der Waals surface area (Å²) in [5.74, 6) is -2.69. The first-order chi connectivity index (χ1) is 13.7. The van der Waals surface area contributed by atoms with Crippen LogP contribution in [0.1, 0.15) is 12.2 Å². The van der Waals surface area contributed by atoms with E-state index in [0.717, 1.165) is 16.7 Å². The van der Waals surface area contributed by atoms with Crippen LogP contribution in [0.2, 0.25) is 10.0 Å². The van der Waals surface area contributed by atoms with E-state index in [0.29, 0.717) is 27.1 Å². The van der Waals surface area contributed by atoms with Crippen LogP contribution in [-0.2, 0) is 14.4 Å². The largest absolute Gasteiger partial charge is 0.481 e. The molecule has 7 nitrogen and oxygen atoms in total. The van der Waals surface area contributed by atoms with E-state index in [-0.39, 0.29) is 9.23 Å². The Balaban J connectivity index is 1.86. The molecule has 2 heterocycles. The summed E-state index contributed by atoms with van der Waals surface area (Å²) >= 11 is 17.9. The highest BCUT2D eigenvalue weighted by Crippen LogP contribution is 2.36. The summed E-state index contributed by atoms with van der Waals surface area (Å²) in [7, 11) is 0. The van der Waals surface area contributed by atoms with Gasteiger partial charge in [0, 0.05) is 11.6 Å². The average molecular weight is 472 g/mol. The lowest BCUT2D eigenvalue weighted by molar-refractivity contribution is -0.150. The molecule has 0 saturated carbocycles. The zero-order valence-corrected chi connectivity index (χ0v) is 17.4. The Kier molecular flexibility index (Phi) is 6.33. The van der Waals surface area contributed by atoms with Gasteiger partial charge in [-0.25, -0.2) is 4.79 Å². The SMILES string of the molecule is O=C(O)CC(C(=O)O)N1C(=O)/C(=C/c2ccc(-c3ccc(Cl)c(Cl)c3)o2)SC1=S. The molecule has 1 aromatic carbocycles. The second-order valence-corrected chi connectivity index (χ2v) is 8.32. The number of thiocarbonyl (C=S) groups is 1. The van der Waals surface area contributed by atoms with E-state index in [9.17, 15) is 19.5 Å². The standard InChI is InChI=1S/C18H11Cl2NO6S2/c19-10-3-1-8(5-11(10)20)13-4-2-9(27-13)6-14-16(24)21(18(28)29-14)12(17(25)26)7-15(22)23/h1-6,12H,7H2,(H,22,23)(H,25,26)/b14-6-. The minimum atomic E-state index is -1.59. The van der Waals surface area contributed by atoms with Crippen LogP contribution < -0.4 is 0 Å². The number of carboxylic acid groups (broad SMARTS) is 2. The van der Waals surface area contributed by atoms with Crippen molar-refractivity contribution in [2.75, 3.05) is 0 Å². The molecule has 1 fully saturated rings. The Morgan fingerprint density at radius 2 is 1.93 bits per heavy atom. The quantitative estimate of drug-likeness (QED) is 0.471. The monoisotopic (exact) mass is 471 g/mol. The van der Waals surface area contributed by atoms with Crippen molar-refractivity contribution in [2.45, 2.75) is 12.5 Å². The van der Waals surface area contributed by atoms with Crippen molar-refractivity contribution in [3.63, 3.8) is 0 Å². The van der Waals surface area contributed by atoms with Gasteiger partial charge in [0.05, 0.1) is 21.4 Å². The number of aliphatic carboxylic acids is 2. The number of benzene rings is 1. The van der Waals surface area contributed by atoms with Crippen molar-refractivity contribution in [1.29, 1.82) is 0 Å². The molecule has 0 bridgehead atoms. The molecule has 2 aromatic rings. The maximum Gasteiger partial charge on any atom is 0.327 e. The van der Waals surface area contributed by atoms with Gasteiger partial charge in [-0.05, 0) is 30.3 Å². The van der Waals surface area contributed by atoms with E-state index >= 15 is 0 Å². The van der Waals surface area contributed by atoms with E-state index < -0.39 is 30.3 Å². The normalized spacial score (nSPS) is 16.5. The van der Waals surface area contributed by atoms with E-state index in [1.54, 1.807) is 30.3 Å². The van der Waals surface area contributed by atoms with Gasteiger partial charge in [0.1, 0.15) is 21.9 Å². The van der Waals surface area contributed by atoms with E-state index in [2.05, 4.69) is 0 Å². The van der Waals surface area contributed by atoms with Crippen LogP contribution in [0.25, 0.3) is 17.4 Å². The number of nitrogens with zero attached hydrogens (tertiary/aromatic N) is 1. The molecule has 1 atom stereocenters. The molecule has 29 heavy (non-hydrogen) atoms. The molecule has 1 unspecified atom stereocenters. The molecule has 1 aliphatic rings. The smallest absolute Gasteiger partial charge is 0.327 e. The van der Waals surface area contributed by atoms with Crippen molar-refractivity contribution in [3.05, 3.63) is 51.0 Å². The highest BCUT2D eigenvalue weighted by Gasteiger charge is 2.41. The maximum atomic E-state index is 12.6. The summed E-state index contributed by atoms with van der Waals surface area (Å²) in [5, 5.41) is 19.0. The van der Waals surface area contributed by atoms with Crippen LogP contribution >= 0.6 is 47.2 Å². The molecular formula is C18H11Cl2NO6S2. The van der Waals surface area contributed by atoms with Crippen LogP contribution in [0, 0.1) is 0 Å². The second-order valence-electron chi connectivity index (χ2n) is 5.83. The molecule has 11 heteroatoms. The molecular weight excluding hydrogens is 461 g/mol. The Hall–Kier alpha value is -2.33. The number of carboxylic acids is 2. The van der Waals surface area contributed by atoms with Crippen molar-refractivity contribution in [3.8, 4) is 11.3 Å². The summed E-state index contributed by atoms with van der Waals surface area (Å²) in [6.45, 7) is 0. The van der Waals surface area contributed by atoms with Crippen molar-refractivity contribution < 1.29 is 29.0 Å². The van der Waals surface area contributed by atoms with Crippen molar-refractivity contribution >= 4 is 75.4 Å². The molecule has 1 aromatic heterocycles. The summed E-state index contributed by atoms with van der Waals surface area (Å²) in [4.78, 5) is 35.9. The number of rotatable bonds is 6. The topological polar surface area (TPSA) is 108 Å². The van der Waals surface area contributed by atoms with Crippen molar-refractivity contribution in [1.82, 2.24) is 4.90 Å². The highest BCUT2D eigenvalue weighted by atomic mass is 35.5. The third-order valence-electron chi connectivity index (χ3n) is 3.89. The average Bonchev–Trinajstić information content (AvgIpc) is 3.20. The Labute approximate surface area is 183 Å². The van der Waals surface area contributed by atoms with Crippen molar-refractivity contribution in [2.24, 2.45) is 0 Å². The molecule has 2 N–H and O–H groups in total. The van der Waals surface area contributed by atoms with Gasteiger partial charge in [-0.2, -0.15) is 0 Å². The third kappa shape index (κ3) is 4.64. The van der Waals surface area contributed by atoms with E-state index in [4.69, 9.17) is 44.9 Å². The second kappa shape index (κ2) is 8.58. The molecule has 0 radical (unpaired) electrons. The van der Waals surface area contributed by atoms with Gasteiger partial charge in [0.15, 0.2) is 0 Å². The van der Waals surface area contributed by atoms with Gasteiger partial charge >= 0.3 is 11.9 Å². The van der Waals surface area contributed by atoms with Gasteiger partial charge < -0.3 is 14.6 Å². The number of furan rings is 1. The first kappa shape index (κ1) is 21.4. The number of hydrogen-bond acceptors (Lipinski definition) is 6. The number of halogens is 2. The van der Waals surface area contributed by atoms with Gasteiger partial charge in [0.25, 0.3) is 5.91 Å². The predicted molar refractivity (Wildman–Crippen MR) is 113 cm³/mol. The van der Waals surface area contributed by atoms with Crippen LogP contribution in [-0.4, -0.2) is 43.3 Å². The summed E-state index contributed by atoms with van der Waals surface area (Å²) < 4.78 is 5.67. The van der Waals surface area contributed by atoms with Gasteiger partial charge in [-0.1, -0.05) is 47.2 Å². The first-order valence-corrected chi connectivity index (χ1v) is 9.92. The Morgan fingerprint density at radius 3 is 2.55 bits per heavy atom. The highest BCUT2D eigenvalue weighted by molar-refractivity contribution is 8.26. The zero-order valence-electron chi connectivity index (χ0n) is 14.3. The lowest BCUT2D eigenvalue weighted by Gasteiger charge is -2.21. The van der Waals surface area contributed by atoms with Crippen LogP contribution in [0.5, 0.6) is 0 Å². The molecule has 1 aliphatic heterocycles. The maximum absolute atomic E-state index is 12.6. The van der Waals surface area contributed by atoms with Crippen LogP contribution in [0.15, 0.2) is 39.7 Å². The lowest BCUT2D eigenvalue weighted by atomic mass is 10.2. The van der Waals surface area contributed by atoms with E-state index in [1.807, 2.05) is 0 Å². The Morgan fingerprint density at radius 1 is 1.21 bits per heavy atom. The molecule has 3 rings (SSSR count). The number of carbonyl (C=O) groups is 3. The number of hydrogen-bond donors (Lipinski definition) is 2.